The Balaban J connectivity index is 2.33. The van der Waals surface area contributed by atoms with Crippen LogP contribution in [0.25, 0.3) is 0 Å². The van der Waals surface area contributed by atoms with Crippen molar-refractivity contribution in [2.45, 2.75) is 6.61 Å². The van der Waals surface area contributed by atoms with Crippen LogP contribution >= 0.6 is 0 Å². The van der Waals surface area contributed by atoms with Crippen LogP contribution in [0.3, 0.4) is 0 Å². The number of hydrogen-bond donors (Lipinski definition) is 1. The number of hydrogen-bond acceptors (Lipinski definition) is 2. The van der Waals surface area contributed by atoms with Gasteiger partial charge in [-0.05, 0) is 12.1 Å². The molecule has 0 aliphatic rings. The first-order valence-electron chi connectivity index (χ1n) is 5.41. The maximum Gasteiger partial charge on any atom is 0.200 e. The van der Waals surface area contributed by atoms with E-state index in [1.165, 1.54) is 12.1 Å². The fourth-order valence-electron chi connectivity index (χ4n) is 1.54. The summed E-state index contributed by atoms with van der Waals surface area (Å²) in [6.45, 7) is -0.833. The molecule has 2 N–H and O–H groups in total. The Hall–Kier alpha value is -2.31. The Bertz CT molecular complexity index is 630. The van der Waals surface area contributed by atoms with E-state index in [0.29, 0.717) is 0 Å². The first-order valence-corrected chi connectivity index (χ1v) is 5.41. The van der Waals surface area contributed by atoms with E-state index in [4.69, 9.17) is 10.5 Å². The van der Waals surface area contributed by atoms with Crippen LogP contribution in [0, 0.1) is 29.1 Å². The molecule has 0 aromatic heterocycles. The summed E-state index contributed by atoms with van der Waals surface area (Å²) in [7, 11) is 0. The third kappa shape index (κ3) is 2.38. The highest BCUT2D eigenvalue weighted by Gasteiger charge is 2.25. The molecule has 0 atom stereocenters. The summed E-state index contributed by atoms with van der Waals surface area (Å²) >= 11 is 0. The molecule has 0 amide bonds. The summed E-state index contributed by atoms with van der Waals surface area (Å²) in [6.07, 6.45) is 0. The van der Waals surface area contributed by atoms with Crippen molar-refractivity contribution in [3.8, 4) is 5.75 Å². The van der Waals surface area contributed by atoms with E-state index in [2.05, 4.69) is 0 Å². The number of benzene rings is 2. The van der Waals surface area contributed by atoms with Gasteiger partial charge >= 0.3 is 0 Å². The lowest BCUT2D eigenvalue weighted by Gasteiger charge is -2.11. The summed E-state index contributed by atoms with van der Waals surface area (Å²) < 4.78 is 70.5. The van der Waals surface area contributed by atoms with Crippen LogP contribution in [0.5, 0.6) is 5.75 Å². The minimum atomic E-state index is -2.21. The lowest BCUT2D eigenvalue weighted by Crippen LogP contribution is -2.10. The van der Waals surface area contributed by atoms with Crippen molar-refractivity contribution in [1.82, 2.24) is 0 Å². The number of rotatable bonds is 3. The third-order valence-corrected chi connectivity index (χ3v) is 2.59. The molecule has 7 heteroatoms. The van der Waals surface area contributed by atoms with Gasteiger partial charge in [0.05, 0.1) is 11.3 Å². The summed E-state index contributed by atoms with van der Waals surface area (Å²) in [5.41, 5.74) is 4.65. The van der Waals surface area contributed by atoms with Crippen LogP contribution in [-0.4, -0.2) is 0 Å². The quantitative estimate of drug-likeness (QED) is 0.406. The number of ether oxygens (including phenoxy) is 1. The highest BCUT2D eigenvalue weighted by Crippen LogP contribution is 2.26. The average molecular weight is 289 g/mol. The minimum Gasteiger partial charge on any atom is -0.487 e. The van der Waals surface area contributed by atoms with E-state index in [1.54, 1.807) is 12.1 Å². The molecule has 0 aliphatic heterocycles. The second-order valence-electron chi connectivity index (χ2n) is 3.87. The Kier molecular flexibility index (Phi) is 3.78. The predicted molar refractivity (Wildman–Crippen MR) is 61.4 cm³/mol. The van der Waals surface area contributed by atoms with Crippen LogP contribution in [0.4, 0.5) is 27.6 Å². The summed E-state index contributed by atoms with van der Waals surface area (Å²) in [6, 6.07) is 6.01. The van der Waals surface area contributed by atoms with Crippen LogP contribution in [0.2, 0.25) is 0 Å². The second-order valence-corrected chi connectivity index (χ2v) is 3.87. The van der Waals surface area contributed by atoms with Crippen molar-refractivity contribution in [2.24, 2.45) is 0 Å². The molecule has 2 rings (SSSR count). The molecule has 0 saturated heterocycles. The summed E-state index contributed by atoms with van der Waals surface area (Å²) in [5, 5.41) is 0. The number of nitrogens with two attached hydrogens (primary N) is 1. The normalized spacial score (nSPS) is 10.7. The number of anilines is 1. The Morgan fingerprint density at radius 3 is 1.85 bits per heavy atom. The zero-order valence-electron chi connectivity index (χ0n) is 9.89. The zero-order valence-corrected chi connectivity index (χ0v) is 9.89. The second kappa shape index (κ2) is 5.36. The van der Waals surface area contributed by atoms with E-state index >= 15 is 0 Å². The van der Waals surface area contributed by atoms with Gasteiger partial charge in [-0.1, -0.05) is 12.1 Å². The van der Waals surface area contributed by atoms with Crippen molar-refractivity contribution >= 4 is 5.69 Å². The van der Waals surface area contributed by atoms with Crippen molar-refractivity contribution in [3.63, 3.8) is 0 Å². The van der Waals surface area contributed by atoms with E-state index in [-0.39, 0.29) is 11.4 Å². The fourth-order valence-corrected chi connectivity index (χ4v) is 1.54. The van der Waals surface area contributed by atoms with Gasteiger partial charge in [0.15, 0.2) is 23.3 Å². The molecule has 0 radical (unpaired) electrons. The molecule has 2 nitrogen and oxygen atoms in total. The molecular weight excluding hydrogens is 281 g/mol. The minimum absolute atomic E-state index is 0.0800. The van der Waals surface area contributed by atoms with E-state index in [1.807, 2.05) is 0 Å². The number of halogens is 5. The van der Waals surface area contributed by atoms with Gasteiger partial charge < -0.3 is 10.5 Å². The molecule has 0 fully saturated rings. The van der Waals surface area contributed by atoms with Gasteiger partial charge in [0.2, 0.25) is 5.82 Å². The molecule has 20 heavy (non-hydrogen) atoms. The van der Waals surface area contributed by atoms with Gasteiger partial charge in [0.25, 0.3) is 0 Å². The average Bonchev–Trinajstić information content (AvgIpc) is 2.45. The molecule has 0 unspecified atom stereocenters. The van der Waals surface area contributed by atoms with Crippen molar-refractivity contribution in [2.75, 3.05) is 5.73 Å². The van der Waals surface area contributed by atoms with E-state index < -0.39 is 41.3 Å². The van der Waals surface area contributed by atoms with Crippen LogP contribution in [0.15, 0.2) is 24.3 Å². The molecule has 2 aromatic rings. The van der Waals surface area contributed by atoms with Gasteiger partial charge in [0.1, 0.15) is 12.4 Å². The van der Waals surface area contributed by atoms with Gasteiger partial charge in [-0.15, -0.1) is 0 Å². The lowest BCUT2D eigenvalue weighted by molar-refractivity contribution is 0.280. The monoisotopic (exact) mass is 289 g/mol. The molecule has 106 valence electrons. The number of para-hydroxylation sites is 2. The van der Waals surface area contributed by atoms with Gasteiger partial charge in [-0.25, -0.2) is 22.0 Å². The van der Waals surface area contributed by atoms with Gasteiger partial charge in [0, 0.05) is 0 Å². The molecule has 2 aromatic carbocycles. The van der Waals surface area contributed by atoms with Crippen molar-refractivity contribution < 1.29 is 26.7 Å². The molecule has 0 bridgehead atoms. The molecule has 0 saturated carbocycles. The summed E-state index contributed by atoms with van der Waals surface area (Å²) in [4.78, 5) is 0. The maximum absolute atomic E-state index is 13.4. The highest BCUT2D eigenvalue weighted by atomic mass is 19.2. The predicted octanol–water partition coefficient (Wildman–Crippen LogP) is 3.54. The highest BCUT2D eigenvalue weighted by molar-refractivity contribution is 5.51. The molecule has 0 spiro atoms. The smallest absolute Gasteiger partial charge is 0.200 e. The van der Waals surface area contributed by atoms with E-state index in [9.17, 15) is 22.0 Å². The Labute approximate surface area is 110 Å². The molecule has 0 aliphatic carbocycles. The Morgan fingerprint density at radius 1 is 0.800 bits per heavy atom. The van der Waals surface area contributed by atoms with E-state index in [0.717, 1.165) is 0 Å². The largest absolute Gasteiger partial charge is 0.487 e. The summed E-state index contributed by atoms with van der Waals surface area (Å²) in [5.74, 6) is -9.99. The zero-order chi connectivity index (χ0) is 14.9. The first kappa shape index (κ1) is 14.1. The standard InChI is InChI=1S/C13H8F5NO/c14-9-6(10(15)12(17)13(18)11(9)16)5-20-8-4-2-1-3-7(8)19/h1-4H,5,19H2. The first-order chi connectivity index (χ1) is 9.43. The maximum atomic E-state index is 13.4. The fraction of sp³-hybridized carbons (Fsp3) is 0.0769. The van der Waals surface area contributed by atoms with Crippen LogP contribution < -0.4 is 10.5 Å². The van der Waals surface area contributed by atoms with Gasteiger partial charge in [-0.3, -0.25) is 0 Å². The number of nitrogen functional groups attached to an aromatic ring is 1. The Morgan fingerprint density at radius 2 is 1.30 bits per heavy atom. The third-order valence-electron chi connectivity index (χ3n) is 2.59. The topological polar surface area (TPSA) is 35.2 Å². The van der Waals surface area contributed by atoms with Gasteiger partial charge in [-0.2, -0.15) is 0 Å². The van der Waals surface area contributed by atoms with Crippen LogP contribution in [0.1, 0.15) is 5.56 Å². The molecular formula is C13H8F5NO. The molecule has 0 heterocycles. The van der Waals surface area contributed by atoms with Crippen molar-refractivity contribution in [3.05, 3.63) is 58.9 Å². The lowest BCUT2D eigenvalue weighted by atomic mass is 10.2. The SMILES string of the molecule is Nc1ccccc1OCc1c(F)c(F)c(F)c(F)c1F. The van der Waals surface area contributed by atoms with Crippen LogP contribution in [-0.2, 0) is 6.61 Å². The van der Waals surface area contributed by atoms with Crippen molar-refractivity contribution in [1.29, 1.82) is 0 Å².